The molecule has 0 radical (unpaired) electrons. The van der Waals surface area contributed by atoms with E-state index >= 15 is 0 Å². The van der Waals surface area contributed by atoms with Crippen LogP contribution in [-0.2, 0) is 27.5 Å². The van der Waals surface area contributed by atoms with Crippen LogP contribution in [0.1, 0.15) is 34.7 Å². The molecule has 0 fully saturated rings. The topological polar surface area (TPSA) is 44.9 Å². The van der Waals surface area contributed by atoms with Crippen LogP contribution in [0.3, 0.4) is 0 Å². The molecule has 0 saturated heterocycles. The van der Waals surface area contributed by atoms with Gasteiger partial charge in [-0.2, -0.15) is 16.7 Å². The summed E-state index contributed by atoms with van der Waals surface area (Å²) >= 11 is 0. The molecule has 44 heavy (non-hydrogen) atoms. The summed E-state index contributed by atoms with van der Waals surface area (Å²) in [6.07, 6.45) is 6.80. The van der Waals surface area contributed by atoms with Gasteiger partial charge in [0.2, 0.25) is 0 Å². The third kappa shape index (κ3) is 5.37. The van der Waals surface area contributed by atoms with E-state index in [4.69, 9.17) is 14.8 Å². The number of benzene rings is 4. The van der Waals surface area contributed by atoms with Crippen LogP contribution in [-0.4, -0.2) is 19.3 Å². The van der Waals surface area contributed by atoms with E-state index in [0.717, 1.165) is 50.9 Å². The van der Waals surface area contributed by atoms with Crippen molar-refractivity contribution in [3.8, 4) is 34.1 Å². The first kappa shape index (κ1) is 29.6. The molecule has 0 saturated carbocycles. The summed E-state index contributed by atoms with van der Waals surface area (Å²) in [5, 5.41) is 6.95. The van der Waals surface area contributed by atoms with E-state index in [2.05, 4.69) is 118 Å². The number of hydrogen-bond donors (Lipinski definition) is 0. The van der Waals surface area contributed by atoms with Crippen LogP contribution in [0.5, 0.6) is 11.5 Å². The van der Waals surface area contributed by atoms with Crippen molar-refractivity contribution in [2.45, 2.75) is 41.0 Å². The summed E-state index contributed by atoms with van der Waals surface area (Å²) in [4.78, 5) is 4.73. The molecular formula is C38H32N4OPt. The normalized spacial score (nSPS) is 11.2. The standard InChI is InChI=1S/C38H32N4O.Pt/c1-6-28-13-14-39-37(19-28)42-35-10-8-7-9-33(35)34-12-11-31(21-36(34)42)43-32-18-25(3)17-30(20-32)41-23-29(22-40-41)38-26(4)15-24(2)16-27(38)5;/h7-19,22-23H,6H2,1-5H3;/q-2;+2. The summed E-state index contributed by atoms with van der Waals surface area (Å²) in [6, 6.07) is 32.1. The Morgan fingerprint density at radius 1 is 0.795 bits per heavy atom. The second-order valence-electron chi connectivity index (χ2n) is 11.3. The fraction of sp³-hybridized carbons (Fsp3) is 0.158. The molecule has 4 aromatic carbocycles. The first-order chi connectivity index (χ1) is 20.9. The predicted octanol–water partition coefficient (Wildman–Crippen LogP) is 9.22. The second kappa shape index (κ2) is 11.9. The maximum absolute atomic E-state index is 6.42. The molecule has 3 heterocycles. The molecule has 0 aliphatic carbocycles. The number of para-hydroxylation sites is 1. The molecule has 0 bridgehead atoms. The number of fused-ring (bicyclic) bond motifs is 3. The molecule has 7 aromatic rings. The first-order valence-electron chi connectivity index (χ1n) is 14.6. The zero-order valence-electron chi connectivity index (χ0n) is 25.4. The number of hydrogen-bond acceptors (Lipinski definition) is 3. The van der Waals surface area contributed by atoms with E-state index in [1.807, 2.05) is 29.2 Å². The maximum atomic E-state index is 6.42. The van der Waals surface area contributed by atoms with E-state index in [0.29, 0.717) is 11.5 Å². The number of rotatable bonds is 6. The van der Waals surface area contributed by atoms with Gasteiger partial charge in [0.15, 0.2) is 0 Å². The van der Waals surface area contributed by atoms with E-state index < -0.39 is 0 Å². The molecule has 0 atom stereocenters. The SMILES string of the molecule is CCc1ccnc(-n2c3[c-]c(Oc4[c-]c(-n5cc(-c6c(C)cc(C)cc6C)cn5)cc(C)c4)ccc3c3ccccc32)c1.[Pt+2]. The third-order valence-corrected chi connectivity index (χ3v) is 7.99. The summed E-state index contributed by atoms with van der Waals surface area (Å²) < 4.78 is 10.5. The monoisotopic (exact) mass is 755 g/mol. The van der Waals surface area contributed by atoms with Gasteiger partial charge in [0.25, 0.3) is 0 Å². The minimum absolute atomic E-state index is 0. The average molecular weight is 756 g/mol. The van der Waals surface area contributed by atoms with E-state index in [1.165, 1.54) is 27.8 Å². The Hall–Kier alpha value is -4.47. The molecule has 0 aliphatic heterocycles. The smallest absolute Gasteiger partial charge is 0.509 e. The Balaban J connectivity index is 0.00000343. The van der Waals surface area contributed by atoms with Gasteiger partial charge in [-0.1, -0.05) is 55.3 Å². The zero-order valence-corrected chi connectivity index (χ0v) is 27.7. The van der Waals surface area contributed by atoms with Gasteiger partial charge in [-0.3, -0.25) is 4.68 Å². The van der Waals surface area contributed by atoms with Gasteiger partial charge in [-0.05, 0) is 78.7 Å². The molecular weight excluding hydrogens is 724 g/mol. The number of pyridine rings is 1. The van der Waals surface area contributed by atoms with Gasteiger partial charge in [0.1, 0.15) is 5.82 Å². The summed E-state index contributed by atoms with van der Waals surface area (Å²) in [5.41, 5.74) is 11.2. The van der Waals surface area contributed by atoms with Crippen LogP contribution in [0.2, 0.25) is 0 Å². The number of ether oxygens (including phenoxy) is 1. The zero-order chi connectivity index (χ0) is 29.7. The van der Waals surface area contributed by atoms with Crippen molar-refractivity contribution in [2.75, 3.05) is 0 Å². The Labute approximate surface area is 272 Å². The minimum Gasteiger partial charge on any atom is -0.509 e. The molecule has 0 unspecified atom stereocenters. The first-order valence-corrected chi connectivity index (χ1v) is 14.6. The van der Waals surface area contributed by atoms with E-state index in [-0.39, 0.29) is 21.1 Å². The third-order valence-electron chi connectivity index (χ3n) is 7.99. The molecule has 0 spiro atoms. The summed E-state index contributed by atoms with van der Waals surface area (Å²) in [7, 11) is 0. The predicted molar refractivity (Wildman–Crippen MR) is 174 cm³/mol. The summed E-state index contributed by atoms with van der Waals surface area (Å²) in [6.45, 7) is 10.7. The fourth-order valence-corrected chi connectivity index (χ4v) is 6.15. The molecule has 0 N–H and O–H groups in total. The maximum Gasteiger partial charge on any atom is 2.00 e. The van der Waals surface area contributed by atoms with Crippen LogP contribution >= 0.6 is 0 Å². The van der Waals surface area contributed by atoms with E-state index in [1.54, 1.807) is 0 Å². The van der Waals surface area contributed by atoms with Crippen molar-refractivity contribution in [3.05, 3.63) is 131 Å². The molecule has 6 heteroatoms. The minimum atomic E-state index is 0. The largest absolute Gasteiger partial charge is 2.00 e. The van der Waals surface area contributed by atoms with Crippen molar-refractivity contribution in [3.63, 3.8) is 0 Å². The van der Waals surface area contributed by atoms with Crippen LogP contribution in [0, 0.1) is 39.8 Å². The molecule has 3 aromatic heterocycles. The fourth-order valence-electron chi connectivity index (χ4n) is 6.15. The number of nitrogens with zero attached hydrogens (tertiary/aromatic N) is 4. The van der Waals surface area contributed by atoms with Gasteiger partial charge in [0.05, 0.1) is 6.20 Å². The van der Waals surface area contributed by atoms with Crippen molar-refractivity contribution in [2.24, 2.45) is 0 Å². The van der Waals surface area contributed by atoms with Crippen LogP contribution in [0.4, 0.5) is 0 Å². The van der Waals surface area contributed by atoms with Gasteiger partial charge in [-0.25, -0.2) is 4.98 Å². The van der Waals surface area contributed by atoms with Crippen molar-refractivity contribution in [1.82, 2.24) is 19.3 Å². The van der Waals surface area contributed by atoms with Gasteiger partial charge in [-0.15, -0.1) is 35.7 Å². The Bertz CT molecular complexity index is 2130. The molecule has 220 valence electrons. The Kier molecular flexibility index (Phi) is 8.00. The summed E-state index contributed by atoms with van der Waals surface area (Å²) in [5.74, 6) is 2.10. The van der Waals surface area contributed by atoms with Gasteiger partial charge >= 0.3 is 21.1 Å². The van der Waals surface area contributed by atoms with E-state index in [9.17, 15) is 0 Å². The van der Waals surface area contributed by atoms with Crippen LogP contribution in [0.15, 0.2) is 91.4 Å². The van der Waals surface area contributed by atoms with Gasteiger partial charge in [0, 0.05) is 35.0 Å². The van der Waals surface area contributed by atoms with Crippen molar-refractivity contribution >= 4 is 21.8 Å². The van der Waals surface area contributed by atoms with Gasteiger partial charge < -0.3 is 9.30 Å². The molecule has 0 aliphatic rings. The Morgan fingerprint density at radius 3 is 2.36 bits per heavy atom. The van der Waals surface area contributed by atoms with Crippen LogP contribution < -0.4 is 4.74 Å². The molecule has 5 nitrogen and oxygen atoms in total. The Morgan fingerprint density at radius 2 is 1.57 bits per heavy atom. The average Bonchev–Trinajstić information content (AvgIpc) is 3.59. The van der Waals surface area contributed by atoms with Crippen molar-refractivity contribution < 1.29 is 25.8 Å². The molecule has 0 amide bonds. The molecule has 7 rings (SSSR count). The second-order valence-corrected chi connectivity index (χ2v) is 11.3. The quantitative estimate of drug-likeness (QED) is 0.159. The number of aryl methyl sites for hydroxylation is 5. The van der Waals surface area contributed by atoms with Crippen molar-refractivity contribution in [1.29, 1.82) is 0 Å². The van der Waals surface area contributed by atoms with Crippen LogP contribution in [0.25, 0.3) is 44.4 Å². The number of aromatic nitrogens is 4.